The van der Waals surface area contributed by atoms with Crippen molar-refractivity contribution < 1.29 is 13.5 Å². The lowest BCUT2D eigenvalue weighted by Crippen LogP contribution is -2.29. The van der Waals surface area contributed by atoms with Crippen LogP contribution in [0.15, 0.2) is 0 Å². The number of hydrogen-bond donors (Lipinski definition) is 2. The van der Waals surface area contributed by atoms with Crippen LogP contribution in [-0.2, 0) is 10.0 Å². The van der Waals surface area contributed by atoms with E-state index in [4.69, 9.17) is 5.11 Å². The van der Waals surface area contributed by atoms with E-state index in [-0.39, 0.29) is 18.9 Å². The summed E-state index contributed by atoms with van der Waals surface area (Å²) in [7, 11) is -3.15. The van der Waals surface area contributed by atoms with Crippen LogP contribution in [0.5, 0.6) is 0 Å². The van der Waals surface area contributed by atoms with E-state index in [1.165, 1.54) is 0 Å². The smallest absolute Gasteiger partial charge is 0.211 e. The molecule has 0 aliphatic heterocycles. The monoisotopic (exact) mass is 209 g/mol. The average molecular weight is 209 g/mol. The molecule has 0 atom stereocenters. The summed E-state index contributed by atoms with van der Waals surface area (Å²) < 4.78 is 24.6. The van der Waals surface area contributed by atoms with Gasteiger partial charge in [-0.15, -0.1) is 0 Å². The molecule has 0 fully saturated rings. The van der Waals surface area contributed by atoms with Crippen molar-refractivity contribution in [1.82, 2.24) is 4.72 Å². The average Bonchev–Trinajstić information content (AvgIpc) is 2.00. The van der Waals surface area contributed by atoms with Gasteiger partial charge in [-0.3, -0.25) is 0 Å². The molecule has 2 N–H and O–H groups in total. The normalized spacial score (nSPS) is 12.3. The molecule has 4 nitrogen and oxygen atoms in total. The van der Waals surface area contributed by atoms with Crippen LogP contribution in [0.4, 0.5) is 0 Å². The highest BCUT2D eigenvalue weighted by molar-refractivity contribution is 7.89. The van der Waals surface area contributed by atoms with Gasteiger partial charge in [0.1, 0.15) is 0 Å². The van der Waals surface area contributed by atoms with Crippen LogP contribution in [0.1, 0.15) is 26.7 Å². The predicted octanol–water partition coefficient (Wildman–Crippen LogP) is 0.334. The van der Waals surface area contributed by atoms with E-state index < -0.39 is 10.0 Å². The molecule has 0 aliphatic rings. The lowest BCUT2D eigenvalue weighted by atomic mass is 10.1. The summed E-state index contributed by atoms with van der Waals surface area (Å²) in [5.74, 6) is 0.693. The zero-order valence-corrected chi connectivity index (χ0v) is 9.10. The van der Waals surface area contributed by atoms with Gasteiger partial charge in [-0.25, -0.2) is 13.1 Å². The number of aliphatic hydroxyl groups excluding tert-OH is 1. The molecule has 0 rings (SSSR count). The van der Waals surface area contributed by atoms with Crippen LogP contribution in [0, 0.1) is 5.92 Å². The fourth-order valence-corrected chi connectivity index (χ4v) is 2.05. The molecule has 0 saturated heterocycles. The Morgan fingerprint density at radius 3 is 2.46 bits per heavy atom. The minimum absolute atomic E-state index is 0.115. The standard InChI is InChI=1S/C8H19NO3S/c1-8(2)4-3-7-13(11,12)9-5-6-10/h8-10H,3-7H2,1-2H3. The molecule has 0 spiro atoms. The SMILES string of the molecule is CC(C)CCCS(=O)(=O)NCCO. The van der Waals surface area contributed by atoms with Crippen molar-refractivity contribution in [2.24, 2.45) is 5.92 Å². The summed E-state index contributed by atoms with van der Waals surface area (Å²) >= 11 is 0. The van der Waals surface area contributed by atoms with E-state index >= 15 is 0 Å². The van der Waals surface area contributed by atoms with Crippen molar-refractivity contribution in [3.63, 3.8) is 0 Å². The molecule has 0 aromatic carbocycles. The van der Waals surface area contributed by atoms with Crippen molar-refractivity contribution >= 4 is 10.0 Å². The first kappa shape index (κ1) is 12.9. The lowest BCUT2D eigenvalue weighted by Gasteiger charge is -2.06. The Labute approximate surface area is 80.4 Å². The van der Waals surface area contributed by atoms with Crippen LogP contribution in [0.2, 0.25) is 0 Å². The Morgan fingerprint density at radius 2 is 2.00 bits per heavy atom. The maximum absolute atomic E-state index is 11.1. The summed E-state index contributed by atoms with van der Waals surface area (Å²) in [6, 6.07) is 0. The van der Waals surface area contributed by atoms with Crippen LogP contribution in [0.25, 0.3) is 0 Å². The Morgan fingerprint density at radius 1 is 1.38 bits per heavy atom. The molecule has 5 heteroatoms. The molecule has 0 unspecified atom stereocenters. The summed E-state index contributed by atoms with van der Waals surface area (Å²) in [5, 5.41) is 8.42. The first-order valence-electron chi connectivity index (χ1n) is 4.56. The molecule has 0 aliphatic carbocycles. The Balaban J connectivity index is 3.64. The van der Waals surface area contributed by atoms with Gasteiger partial charge in [0.25, 0.3) is 0 Å². The molecule has 0 aromatic rings. The van der Waals surface area contributed by atoms with Gasteiger partial charge in [0, 0.05) is 6.54 Å². The second-order valence-corrected chi connectivity index (χ2v) is 5.40. The number of sulfonamides is 1. The van der Waals surface area contributed by atoms with Gasteiger partial charge < -0.3 is 5.11 Å². The van der Waals surface area contributed by atoms with E-state index in [0.29, 0.717) is 12.3 Å². The summed E-state index contributed by atoms with van der Waals surface area (Å²) in [6.07, 6.45) is 1.60. The molecule has 0 heterocycles. The van der Waals surface area contributed by atoms with Crippen molar-refractivity contribution in [1.29, 1.82) is 0 Å². The van der Waals surface area contributed by atoms with Crippen LogP contribution >= 0.6 is 0 Å². The molecule has 80 valence electrons. The van der Waals surface area contributed by atoms with E-state index in [1.807, 2.05) is 0 Å². The first-order chi connectivity index (χ1) is 5.98. The molecule has 0 bridgehead atoms. The quantitative estimate of drug-likeness (QED) is 0.635. The third kappa shape index (κ3) is 8.21. The largest absolute Gasteiger partial charge is 0.395 e. The minimum atomic E-state index is -3.15. The maximum Gasteiger partial charge on any atom is 0.211 e. The van der Waals surface area contributed by atoms with Crippen LogP contribution in [-0.4, -0.2) is 32.4 Å². The van der Waals surface area contributed by atoms with Crippen LogP contribution in [0.3, 0.4) is 0 Å². The second kappa shape index (κ2) is 6.34. The van der Waals surface area contributed by atoms with Gasteiger partial charge >= 0.3 is 0 Å². The topological polar surface area (TPSA) is 66.4 Å². The zero-order chi connectivity index (χ0) is 10.3. The summed E-state index contributed by atoms with van der Waals surface area (Å²) in [5.41, 5.74) is 0. The Hall–Kier alpha value is -0.130. The van der Waals surface area contributed by atoms with Crippen molar-refractivity contribution in [3.05, 3.63) is 0 Å². The number of hydrogen-bond acceptors (Lipinski definition) is 3. The summed E-state index contributed by atoms with van der Waals surface area (Å²) in [6.45, 7) is 4.09. The molecule has 13 heavy (non-hydrogen) atoms. The number of aliphatic hydroxyl groups is 1. The molecule has 0 saturated carbocycles. The van der Waals surface area contributed by atoms with Crippen molar-refractivity contribution in [2.75, 3.05) is 18.9 Å². The van der Waals surface area contributed by atoms with Crippen LogP contribution < -0.4 is 4.72 Å². The van der Waals surface area contributed by atoms with E-state index in [0.717, 1.165) is 6.42 Å². The highest BCUT2D eigenvalue weighted by atomic mass is 32.2. The Bertz CT molecular complexity index is 211. The van der Waals surface area contributed by atoms with E-state index in [2.05, 4.69) is 18.6 Å². The zero-order valence-electron chi connectivity index (χ0n) is 8.28. The predicted molar refractivity (Wildman–Crippen MR) is 52.9 cm³/mol. The third-order valence-corrected chi connectivity index (χ3v) is 3.10. The van der Waals surface area contributed by atoms with Gasteiger partial charge in [0.2, 0.25) is 10.0 Å². The van der Waals surface area contributed by atoms with E-state index in [1.54, 1.807) is 0 Å². The molecular formula is C8H19NO3S. The van der Waals surface area contributed by atoms with Gasteiger partial charge in [-0.05, 0) is 18.8 Å². The number of rotatable bonds is 7. The van der Waals surface area contributed by atoms with E-state index in [9.17, 15) is 8.42 Å². The van der Waals surface area contributed by atoms with Gasteiger partial charge in [0.05, 0.1) is 12.4 Å². The molecule has 0 radical (unpaired) electrons. The lowest BCUT2D eigenvalue weighted by molar-refractivity contribution is 0.301. The van der Waals surface area contributed by atoms with Crippen molar-refractivity contribution in [2.45, 2.75) is 26.7 Å². The second-order valence-electron chi connectivity index (χ2n) is 3.47. The molecule has 0 aromatic heterocycles. The summed E-state index contributed by atoms with van der Waals surface area (Å²) in [4.78, 5) is 0. The number of nitrogens with one attached hydrogen (secondary N) is 1. The first-order valence-corrected chi connectivity index (χ1v) is 6.21. The highest BCUT2D eigenvalue weighted by Crippen LogP contribution is 2.04. The highest BCUT2D eigenvalue weighted by Gasteiger charge is 2.08. The molecule has 0 amide bonds. The van der Waals surface area contributed by atoms with Gasteiger partial charge in [-0.1, -0.05) is 13.8 Å². The van der Waals surface area contributed by atoms with Gasteiger partial charge in [0.15, 0.2) is 0 Å². The fourth-order valence-electron chi connectivity index (χ4n) is 0.955. The fraction of sp³-hybridized carbons (Fsp3) is 1.00. The third-order valence-electron chi connectivity index (χ3n) is 1.63. The van der Waals surface area contributed by atoms with Crippen molar-refractivity contribution in [3.8, 4) is 0 Å². The Kier molecular flexibility index (Phi) is 6.28. The minimum Gasteiger partial charge on any atom is -0.395 e. The van der Waals surface area contributed by atoms with Gasteiger partial charge in [-0.2, -0.15) is 0 Å². The molecular weight excluding hydrogens is 190 g/mol. The maximum atomic E-state index is 11.1.